The molecule has 0 radical (unpaired) electrons. The van der Waals surface area contributed by atoms with Gasteiger partial charge in [0.2, 0.25) is 11.7 Å². The lowest BCUT2D eigenvalue weighted by atomic mass is 10.2. The molecule has 1 N–H and O–H groups in total. The summed E-state index contributed by atoms with van der Waals surface area (Å²) in [5.41, 5.74) is 1.82. The quantitative estimate of drug-likeness (QED) is 0.490. The molecule has 1 atom stereocenters. The van der Waals surface area contributed by atoms with Crippen LogP contribution in [0.5, 0.6) is 5.75 Å². The van der Waals surface area contributed by atoms with Crippen LogP contribution in [0.1, 0.15) is 29.3 Å². The lowest BCUT2D eigenvalue weighted by Crippen LogP contribution is -2.27. The van der Waals surface area contributed by atoms with Crippen LogP contribution in [0.25, 0.3) is 22.0 Å². The minimum atomic E-state index is -0.523. The summed E-state index contributed by atoms with van der Waals surface area (Å²) in [6.45, 7) is 1.73. The van der Waals surface area contributed by atoms with E-state index in [9.17, 15) is 9.18 Å². The third-order valence-electron chi connectivity index (χ3n) is 4.34. The van der Waals surface area contributed by atoms with Gasteiger partial charge in [-0.25, -0.2) is 9.37 Å². The summed E-state index contributed by atoms with van der Waals surface area (Å²) in [5, 5.41) is 9.11. The number of nitrogens with one attached hydrogen (secondary N) is 1. The van der Waals surface area contributed by atoms with E-state index in [4.69, 9.17) is 9.26 Å². The van der Waals surface area contributed by atoms with Gasteiger partial charge in [0.15, 0.2) is 0 Å². The number of methoxy groups -OCH3 is 1. The van der Waals surface area contributed by atoms with E-state index in [0.29, 0.717) is 17.1 Å². The highest BCUT2D eigenvalue weighted by molar-refractivity contribution is 7.13. The van der Waals surface area contributed by atoms with Crippen LogP contribution >= 0.6 is 11.3 Å². The maximum Gasteiger partial charge on any atom is 0.271 e. The van der Waals surface area contributed by atoms with Crippen LogP contribution in [0.4, 0.5) is 4.39 Å². The molecule has 2 aromatic carbocycles. The second-order valence-electron chi connectivity index (χ2n) is 6.42. The topological polar surface area (TPSA) is 90.1 Å². The average molecular weight is 424 g/mol. The van der Waals surface area contributed by atoms with Crippen molar-refractivity contribution in [3.05, 3.63) is 71.3 Å². The van der Waals surface area contributed by atoms with Gasteiger partial charge in [0.1, 0.15) is 28.3 Å². The lowest BCUT2D eigenvalue weighted by Gasteiger charge is -2.07. The van der Waals surface area contributed by atoms with Gasteiger partial charge in [-0.05, 0) is 55.5 Å². The third-order valence-corrected chi connectivity index (χ3v) is 5.23. The number of thiazole rings is 1. The van der Waals surface area contributed by atoms with Crippen molar-refractivity contribution in [3.63, 3.8) is 0 Å². The first-order valence-electron chi connectivity index (χ1n) is 9.04. The summed E-state index contributed by atoms with van der Waals surface area (Å²) in [5.74, 6) is 0.622. The van der Waals surface area contributed by atoms with E-state index < -0.39 is 6.04 Å². The Morgan fingerprint density at radius 2 is 1.80 bits per heavy atom. The van der Waals surface area contributed by atoms with Gasteiger partial charge < -0.3 is 14.6 Å². The lowest BCUT2D eigenvalue weighted by molar-refractivity contribution is 0.0928. The van der Waals surface area contributed by atoms with Gasteiger partial charge in [-0.2, -0.15) is 4.98 Å². The molecule has 0 bridgehead atoms. The first kappa shape index (κ1) is 19.7. The Labute approximate surface area is 175 Å². The minimum Gasteiger partial charge on any atom is -0.497 e. The molecule has 2 heterocycles. The van der Waals surface area contributed by atoms with Crippen molar-refractivity contribution in [3.8, 4) is 27.7 Å². The van der Waals surface area contributed by atoms with Crippen molar-refractivity contribution in [2.45, 2.75) is 13.0 Å². The summed E-state index contributed by atoms with van der Waals surface area (Å²) in [6, 6.07) is 12.7. The van der Waals surface area contributed by atoms with E-state index in [0.717, 1.165) is 16.3 Å². The van der Waals surface area contributed by atoms with Gasteiger partial charge >= 0.3 is 0 Å². The molecule has 1 amide bonds. The number of ether oxygens (including phenoxy) is 1. The molecule has 4 aromatic rings. The number of hydrogen-bond donors (Lipinski definition) is 1. The molecule has 30 heavy (non-hydrogen) atoms. The van der Waals surface area contributed by atoms with Gasteiger partial charge in [0.25, 0.3) is 5.91 Å². The van der Waals surface area contributed by atoms with Gasteiger partial charge in [-0.3, -0.25) is 4.79 Å². The molecule has 0 aliphatic heterocycles. The zero-order valence-electron chi connectivity index (χ0n) is 16.1. The summed E-state index contributed by atoms with van der Waals surface area (Å²) < 4.78 is 23.5. The molecule has 152 valence electrons. The fraction of sp³-hybridized carbons (Fsp3) is 0.143. The Kier molecular flexibility index (Phi) is 5.53. The molecule has 0 fully saturated rings. The summed E-state index contributed by atoms with van der Waals surface area (Å²) in [4.78, 5) is 21.3. The van der Waals surface area contributed by atoms with Crippen molar-refractivity contribution >= 4 is 17.2 Å². The van der Waals surface area contributed by atoms with Crippen LogP contribution in [0.2, 0.25) is 0 Å². The number of benzene rings is 2. The van der Waals surface area contributed by atoms with Gasteiger partial charge in [0, 0.05) is 16.5 Å². The Morgan fingerprint density at radius 3 is 2.50 bits per heavy atom. The highest BCUT2D eigenvalue weighted by Gasteiger charge is 2.20. The van der Waals surface area contributed by atoms with Crippen molar-refractivity contribution < 1.29 is 18.4 Å². The maximum atomic E-state index is 13.1. The zero-order chi connectivity index (χ0) is 21.1. The smallest absolute Gasteiger partial charge is 0.271 e. The normalized spacial score (nSPS) is 11.8. The summed E-state index contributed by atoms with van der Waals surface area (Å²) in [7, 11) is 1.61. The largest absolute Gasteiger partial charge is 0.497 e. The first-order chi connectivity index (χ1) is 14.5. The van der Waals surface area contributed by atoms with E-state index in [1.165, 1.54) is 23.5 Å². The minimum absolute atomic E-state index is 0.244. The van der Waals surface area contributed by atoms with Crippen molar-refractivity contribution in [1.82, 2.24) is 20.4 Å². The number of rotatable bonds is 6. The number of halogens is 1. The molecule has 9 heteroatoms. The number of amides is 1. The second kappa shape index (κ2) is 8.42. The molecule has 0 saturated heterocycles. The molecule has 0 saturated carbocycles. The second-order valence-corrected chi connectivity index (χ2v) is 7.28. The summed E-state index contributed by atoms with van der Waals surface area (Å²) >= 11 is 1.38. The fourth-order valence-corrected chi connectivity index (χ4v) is 3.51. The van der Waals surface area contributed by atoms with Crippen LogP contribution in [0, 0.1) is 5.82 Å². The molecule has 0 spiro atoms. The Morgan fingerprint density at radius 1 is 1.10 bits per heavy atom. The van der Waals surface area contributed by atoms with Crippen molar-refractivity contribution in [2.24, 2.45) is 0 Å². The van der Waals surface area contributed by atoms with Crippen LogP contribution in [0.3, 0.4) is 0 Å². The van der Waals surface area contributed by atoms with E-state index in [1.807, 2.05) is 24.3 Å². The van der Waals surface area contributed by atoms with Gasteiger partial charge in [-0.1, -0.05) is 5.16 Å². The first-order valence-corrected chi connectivity index (χ1v) is 9.92. The van der Waals surface area contributed by atoms with Gasteiger partial charge in [-0.15, -0.1) is 11.3 Å². The number of hydrogen-bond acceptors (Lipinski definition) is 7. The van der Waals surface area contributed by atoms with Crippen molar-refractivity contribution in [2.75, 3.05) is 7.11 Å². The van der Waals surface area contributed by atoms with Crippen LogP contribution in [0.15, 0.2) is 58.4 Å². The van der Waals surface area contributed by atoms with Gasteiger partial charge in [0.05, 0.1) is 7.11 Å². The third kappa shape index (κ3) is 4.20. The number of carbonyl (C=O) groups excluding carboxylic acids is 1. The van der Waals surface area contributed by atoms with E-state index in [-0.39, 0.29) is 17.6 Å². The highest BCUT2D eigenvalue weighted by Crippen LogP contribution is 2.26. The summed E-state index contributed by atoms with van der Waals surface area (Å²) in [6.07, 6.45) is 0. The molecule has 1 unspecified atom stereocenters. The highest BCUT2D eigenvalue weighted by atomic mass is 32.1. The maximum absolute atomic E-state index is 13.1. The SMILES string of the molecule is COc1ccc(-c2nc(C(=O)NC(C)c3nc(-c4ccc(F)cc4)no3)cs2)cc1. The average Bonchev–Trinajstić information content (AvgIpc) is 3.45. The number of nitrogens with zero attached hydrogens (tertiary/aromatic N) is 3. The fourth-order valence-electron chi connectivity index (χ4n) is 2.70. The predicted octanol–water partition coefficient (Wildman–Crippen LogP) is 4.50. The number of aromatic nitrogens is 3. The molecule has 0 aliphatic carbocycles. The number of carbonyl (C=O) groups is 1. The van der Waals surface area contributed by atoms with E-state index in [1.54, 1.807) is 31.5 Å². The van der Waals surface area contributed by atoms with E-state index >= 15 is 0 Å². The Balaban J connectivity index is 1.44. The van der Waals surface area contributed by atoms with Crippen LogP contribution < -0.4 is 10.1 Å². The predicted molar refractivity (Wildman–Crippen MR) is 110 cm³/mol. The standard InChI is InChI=1S/C21H17FN4O3S/c1-12(20-25-18(26-29-20)13-3-7-15(22)8-4-13)23-19(27)17-11-30-21(24-17)14-5-9-16(28-2)10-6-14/h3-12H,1-2H3,(H,23,27). The molecular weight excluding hydrogens is 407 g/mol. The zero-order valence-corrected chi connectivity index (χ0v) is 16.9. The van der Waals surface area contributed by atoms with Crippen LogP contribution in [-0.4, -0.2) is 28.1 Å². The molecule has 4 rings (SSSR count). The monoisotopic (exact) mass is 424 g/mol. The molecule has 7 nitrogen and oxygen atoms in total. The Hall–Kier alpha value is -3.59. The molecule has 0 aliphatic rings. The van der Waals surface area contributed by atoms with E-state index in [2.05, 4.69) is 20.4 Å². The molecule has 2 aromatic heterocycles. The van der Waals surface area contributed by atoms with Crippen LogP contribution in [-0.2, 0) is 0 Å². The molecular formula is C21H17FN4O3S. The van der Waals surface area contributed by atoms with Crippen molar-refractivity contribution in [1.29, 1.82) is 0 Å². The Bertz CT molecular complexity index is 1160.